The quantitative estimate of drug-likeness (QED) is 0.582. The average molecular weight is 472 g/mol. The Bertz CT molecular complexity index is 890. The lowest BCUT2D eigenvalue weighted by atomic mass is 10.0. The van der Waals surface area contributed by atoms with E-state index in [1.54, 1.807) is 19.1 Å². The molecular weight excluding hydrogens is 434 g/mol. The molecule has 8 nitrogen and oxygen atoms in total. The van der Waals surface area contributed by atoms with Gasteiger partial charge in [0.05, 0.1) is 20.1 Å². The number of amides is 3. The zero-order valence-electron chi connectivity index (χ0n) is 20.5. The lowest BCUT2D eigenvalue weighted by molar-refractivity contribution is -0.142. The standard InChI is InChI=1S/C26H37N3O5/c1-33-22-8-7-20(15-23(22)34-2)9-10-29-18-21(17-25(29)31)26(32)28-13-11-27(12-14-28)24(30)16-19-5-3-4-6-19/h7-8,15,19,21H,3-6,9-14,16-18H2,1-2H3. The van der Waals surface area contributed by atoms with Gasteiger partial charge in [-0.15, -0.1) is 0 Å². The Morgan fingerprint density at radius 3 is 2.32 bits per heavy atom. The highest BCUT2D eigenvalue weighted by atomic mass is 16.5. The molecular formula is C26H37N3O5. The first-order valence-corrected chi connectivity index (χ1v) is 12.5. The number of ether oxygens (including phenoxy) is 2. The third-order valence-corrected chi connectivity index (χ3v) is 7.56. The van der Waals surface area contributed by atoms with Gasteiger partial charge in [0.15, 0.2) is 11.5 Å². The molecule has 0 N–H and O–H groups in total. The van der Waals surface area contributed by atoms with Gasteiger partial charge in [0.25, 0.3) is 0 Å². The molecule has 3 fully saturated rings. The van der Waals surface area contributed by atoms with Gasteiger partial charge in [0, 0.05) is 52.1 Å². The molecule has 1 aromatic carbocycles. The molecule has 1 aromatic rings. The van der Waals surface area contributed by atoms with Crippen LogP contribution in [0.4, 0.5) is 0 Å². The average Bonchev–Trinajstić information content (AvgIpc) is 3.51. The molecule has 0 bridgehead atoms. The van der Waals surface area contributed by atoms with Crippen molar-refractivity contribution in [3.05, 3.63) is 23.8 Å². The molecule has 1 atom stereocenters. The minimum absolute atomic E-state index is 0.0317. The number of likely N-dealkylation sites (tertiary alicyclic amines) is 1. The third-order valence-electron chi connectivity index (χ3n) is 7.56. The van der Waals surface area contributed by atoms with Gasteiger partial charge in [0.2, 0.25) is 17.7 Å². The van der Waals surface area contributed by atoms with Crippen LogP contribution < -0.4 is 9.47 Å². The van der Waals surface area contributed by atoms with E-state index < -0.39 is 0 Å². The highest BCUT2D eigenvalue weighted by Gasteiger charge is 2.37. The summed E-state index contributed by atoms with van der Waals surface area (Å²) in [5, 5.41) is 0. The summed E-state index contributed by atoms with van der Waals surface area (Å²) in [6, 6.07) is 5.76. The van der Waals surface area contributed by atoms with E-state index in [9.17, 15) is 14.4 Å². The summed E-state index contributed by atoms with van der Waals surface area (Å²) < 4.78 is 10.6. The Hall–Kier alpha value is -2.77. The van der Waals surface area contributed by atoms with Gasteiger partial charge >= 0.3 is 0 Å². The number of carbonyl (C=O) groups excluding carboxylic acids is 3. The highest BCUT2D eigenvalue weighted by Crippen LogP contribution is 2.29. The SMILES string of the molecule is COc1ccc(CCN2CC(C(=O)N3CCN(C(=O)CC4CCCC4)CC3)CC2=O)cc1OC. The summed E-state index contributed by atoms with van der Waals surface area (Å²) in [6.45, 7) is 3.35. The maximum atomic E-state index is 13.1. The summed E-state index contributed by atoms with van der Waals surface area (Å²) in [6.07, 6.45) is 6.43. The van der Waals surface area contributed by atoms with Crippen molar-refractivity contribution in [3.63, 3.8) is 0 Å². The van der Waals surface area contributed by atoms with Gasteiger partial charge in [0.1, 0.15) is 0 Å². The van der Waals surface area contributed by atoms with E-state index in [1.165, 1.54) is 25.7 Å². The molecule has 0 spiro atoms. The fourth-order valence-electron chi connectivity index (χ4n) is 5.48. The molecule has 2 saturated heterocycles. The van der Waals surface area contributed by atoms with Crippen LogP contribution in [0.15, 0.2) is 18.2 Å². The Morgan fingerprint density at radius 1 is 0.971 bits per heavy atom. The topological polar surface area (TPSA) is 79.4 Å². The number of benzene rings is 1. The summed E-state index contributed by atoms with van der Waals surface area (Å²) in [4.78, 5) is 43.8. The molecule has 4 rings (SSSR count). The smallest absolute Gasteiger partial charge is 0.228 e. The predicted octanol–water partition coefficient (Wildman–Crippen LogP) is 2.35. The van der Waals surface area contributed by atoms with Crippen LogP contribution in [0.3, 0.4) is 0 Å². The fourth-order valence-corrected chi connectivity index (χ4v) is 5.48. The summed E-state index contributed by atoms with van der Waals surface area (Å²) in [7, 11) is 3.21. The van der Waals surface area contributed by atoms with E-state index in [1.807, 2.05) is 28.0 Å². The number of nitrogens with zero attached hydrogens (tertiary/aromatic N) is 3. The lowest BCUT2D eigenvalue weighted by Gasteiger charge is -2.36. The van der Waals surface area contributed by atoms with Crippen molar-refractivity contribution in [2.45, 2.75) is 44.9 Å². The molecule has 2 heterocycles. The number of carbonyl (C=O) groups is 3. The van der Waals surface area contributed by atoms with Gasteiger partial charge < -0.3 is 24.2 Å². The second kappa shape index (κ2) is 11.1. The van der Waals surface area contributed by atoms with Crippen molar-refractivity contribution in [1.82, 2.24) is 14.7 Å². The van der Waals surface area contributed by atoms with Gasteiger partial charge in [-0.05, 0) is 42.9 Å². The van der Waals surface area contributed by atoms with E-state index in [0.717, 1.165) is 5.56 Å². The molecule has 186 valence electrons. The third kappa shape index (κ3) is 5.65. The molecule has 2 aliphatic heterocycles. The Labute approximate surface area is 202 Å². The van der Waals surface area contributed by atoms with E-state index >= 15 is 0 Å². The molecule has 0 radical (unpaired) electrons. The molecule has 34 heavy (non-hydrogen) atoms. The van der Waals surface area contributed by atoms with Crippen molar-refractivity contribution in [2.75, 3.05) is 53.5 Å². The first-order valence-electron chi connectivity index (χ1n) is 12.5. The first-order chi connectivity index (χ1) is 16.5. The zero-order valence-corrected chi connectivity index (χ0v) is 20.5. The maximum Gasteiger partial charge on any atom is 0.228 e. The monoisotopic (exact) mass is 471 g/mol. The van der Waals surface area contributed by atoms with Crippen LogP contribution in [0.2, 0.25) is 0 Å². The Kier molecular flexibility index (Phi) is 7.95. The first kappa shape index (κ1) is 24.4. The number of hydrogen-bond donors (Lipinski definition) is 0. The van der Waals surface area contributed by atoms with Gasteiger partial charge in [-0.25, -0.2) is 0 Å². The number of methoxy groups -OCH3 is 2. The van der Waals surface area contributed by atoms with Crippen molar-refractivity contribution in [2.24, 2.45) is 11.8 Å². The van der Waals surface area contributed by atoms with Crippen molar-refractivity contribution in [1.29, 1.82) is 0 Å². The predicted molar refractivity (Wildman–Crippen MR) is 128 cm³/mol. The van der Waals surface area contributed by atoms with Crippen LogP contribution in [-0.2, 0) is 20.8 Å². The minimum Gasteiger partial charge on any atom is -0.493 e. The normalized spacial score (nSPS) is 21.3. The summed E-state index contributed by atoms with van der Waals surface area (Å²) in [5.74, 6) is 1.90. The number of rotatable bonds is 8. The molecule has 1 saturated carbocycles. The van der Waals surface area contributed by atoms with E-state index in [0.29, 0.717) is 69.5 Å². The lowest BCUT2D eigenvalue weighted by Crippen LogP contribution is -2.52. The second-order valence-corrected chi connectivity index (χ2v) is 9.74. The van der Waals surface area contributed by atoms with Crippen LogP contribution in [0.5, 0.6) is 11.5 Å². The largest absolute Gasteiger partial charge is 0.493 e. The van der Waals surface area contributed by atoms with Crippen LogP contribution >= 0.6 is 0 Å². The maximum absolute atomic E-state index is 13.1. The van der Waals surface area contributed by atoms with E-state index in [-0.39, 0.29) is 30.1 Å². The number of hydrogen-bond acceptors (Lipinski definition) is 5. The Balaban J connectivity index is 1.23. The van der Waals surface area contributed by atoms with E-state index in [4.69, 9.17) is 9.47 Å². The molecule has 1 aliphatic carbocycles. The molecule has 0 aromatic heterocycles. The van der Waals surface area contributed by atoms with Crippen molar-refractivity contribution in [3.8, 4) is 11.5 Å². The highest BCUT2D eigenvalue weighted by molar-refractivity contribution is 5.89. The molecule has 1 unspecified atom stereocenters. The second-order valence-electron chi connectivity index (χ2n) is 9.74. The van der Waals surface area contributed by atoms with Crippen LogP contribution in [0.25, 0.3) is 0 Å². The fraction of sp³-hybridized carbons (Fsp3) is 0.654. The molecule has 8 heteroatoms. The van der Waals surface area contributed by atoms with E-state index in [2.05, 4.69) is 0 Å². The van der Waals surface area contributed by atoms with Crippen molar-refractivity contribution >= 4 is 17.7 Å². The summed E-state index contributed by atoms with van der Waals surface area (Å²) in [5.41, 5.74) is 1.05. The van der Waals surface area contributed by atoms with Gasteiger partial charge in [-0.3, -0.25) is 14.4 Å². The van der Waals surface area contributed by atoms with Gasteiger partial charge in [-0.2, -0.15) is 0 Å². The van der Waals surface area contributed by atoms with Crippen LogP contribution in [-0.4, -0.2) is 85.9 Å². The molecule has 3 aliphatic rings. The molecule has 3 amide bonds. The van der Waals surface area contributed by atoms with Crippen LogP contribution in [0.1, 0.15) is 44.1 Å². The van der Waals surface area contributed by atoms with Crippen molar-refractivity contribution < 1.29 is 23.9 Å². The number of piperazine rings is 1. The zero-order chi connectivity index (χ0) is 24.1. The summed E-state index contributed by atoms with van der Waals surface area (Å²) >= 11 is 0. The van der Waals surface area contributed by atoms with Crippen LogP contribution in [0, 0.1) is 11.8 Å². The van der Waals surface area contributed by atoms with Gasteiger partial charge in [-0.1, -0.05) is 18.9 Å². The minimum atomic E-state index is -0.293. The Morgan fingerprint density at radius 2 is 1.65 bits per heavy atom.